The third kappa shape index (κ3) is 5.31. The van der Waals surface area contributed by atoms with Crippen LogP contribution in [-0.2, 0) is 9.53 Å². The Hall–Kier alpha value is -2.37. The van der Waals surface area contributed by atoms with E-state index in [1.54, 1.807) is 18.2 Å². The lowest BCUT2D eigenvalue weighted by Crippen LogP contribution is -2.86. The van der Waals surface area contributed by atoms with Crippen LogP contribution in [0.25, 0.3) is 0 Å². The second-order valence-corrected chi connectivity index (χ2v) is 6.29. The van der Waals surface area contributed by atoms with Crippen molar-refractivity contribution in [1.82, 2.24) is 0 Å². The second-order valence-electron chi connectivity index (χ2n) is 5.85. The number of ether oxygens (including phenoxy) is 1. The van der Waals surface area contributed by atoms with Crippen LogP contribution in [0.3, 0.4) is 0 Å². The van der Waals surface area contributed by atoms with E-state index in [2.05, 4.69) is 5.32 Å². The number of hydrogen-bond donors (Lipinski definition) is 2. The molecule has 2 aromatic carbocycles. The molecule has 0 heterocycles. The Bertz CT molecular complexity index is 760. The zero-order chi connectivity index (χ0) is 18.4. The zero-order valence-corrected chi connectivity index (χ0v) is 15.3. The van der Waals surface area contributed by atoms with E-state index in [0.717, 1.165) is 11.1 Å². The number of nitrogens with one attached hydrogen (secondary N) is 1. The number of anilines is 1. The van der Waals surface area contributed by atoms with E-state index in [4.69, 9.17) is 16.3 Å². The zero-order valence-electron chi connectivity index (χ0n) is 14.5. The summed E-state index contributed by atoms with van der Waals surface area (Å²) in [6.45, 7) is 4.17. The van der Waals surface area contributed by atoms with Crippen LogP contribution in [0.4, 0.5) is 5.69 Å². The van der Waals surface area contributed by atoms with Crippen molar-refractivity contribution in [3.63, 3.8) is 0 Å². The Balaban J connectivity index is 1.96. The number of benzene rings is 2. The van der Waals surface area contributed by atoms with Gasteiger partial charge in [0.25, 0.3) is 5.91 Å². The highest BCUT2D eigenvalue weighted by Gasteiger charge is 2.14. The van der Waals surface area contributed by atoms with Crippen molar-refractivity contribution in [2.75, 3.05) is 19.0 Å². The van der Waals surface area contributed by atoms with Crippen molar-refractivity contribution in [1.29, 1.82) is 0 Å². The summed E-state index contributed by atoms with van der Waals surface area (Å²) in [7, 11) is 1.33. The van der Waals surface area contributed by atoms with Crippen molar-refractivity contribution in [3.8, 4) is 0 Å². The number of methoxy groups -OCH3 is 1. The molecule has 0 radical (unpaired) electrons. The third-order valence-corrected chi connectivity index (χ3v) is 4.24. The highest BCUT2D eigenvalue weighted by atomic mass is 35.5. The van der Waals surface area contributed by atoms with Gasteiger partial charge in [-0.25, -0.2) is 4.79 Å². The van der Waals surface area contributed by atoms with E-state index >= 15 is 0 Å². The van der Waals surface area contributed by atoms with E-state index < -0.39 is 5.97 Å². The van der Waals surface area contributed by atoms with Crippen LogP contribution in [0.2, 0.25) is 5.02 Å². The van der Waals surface area contributed by atoms with Gasteiger partial charge in [0, 0.05) is 16.3 Å². The summed E-state index contributed by atoms with van der Waals surface area (Å²) in [4.78, 5) is 23.8. The minimum Gasteiger partial charge on any atom is -0.465 e. The first-order valence-electron chi connectivity index (χ1n) is 7.98. The molecule has 0 aliphatic heterocycles. The van der Waals surface area contributed by atoms with Crippen LogP contribution in [0.5, 0.6) is 0 Å². The van der Waals surface area contributed by atoms with Crippen LogP contribution in [0.15, 0.2) is 42.5 Å². The molecule has 0 aliphatic carbocycles. The van der Waals surface area contributed by atoms with Gasteiger partial charge in [0.15, 0.2) is 6.54 Å². The van der Waals surface area contributed by atoms with E-state index in [9.17, 15) is 9.59 Å². The average molecular weight is 362 g/mol. The quantitative estimate of drug-likeness (QED) is 0.777. The predicted molar refractivity (Wildman–Crippen MR) is 97.8 cm³/mol. The van der Waals surface area contributed by atoms with Gasteiger partial charge in [-0.1, -0.05) is 29.8 Å². The number of quaternary nitrogens is 1. The molecule has 1 amide bonds. The minimum absolute atomic E-state index is 0.130. The Morgan fingerprint density at radius 1 is 1.20 bits per heavy atom. The van der Waals surface area contributed by atoms with Gasteiger partial charge in [-0.05, 0) is 43.7 Å². The van der Waals surface area contributed by atoms with E-state index in [1.165, 1.54) is 7.11 Å². The number of carbonyl (C=O) groups excluding carboxylic acids is 2. The van der Waals surface area contributed by atoms with Gasteiger partial charge in [-0.15, -0.1) is 0 Å². The van der Waals surface area contributed by atoms with E-state index in [-0.39, 0.29) is 18.5 Å². The van der Waals surface area contributed by atoms with Gasteiger partial charge in [-0.3, -0.25) is 4.79 Å². The Morgan fingerprint density at radius 2 is 1.88 bits per heavy atom. The van der Waals surface area contributed by atoms with Gasteiger partial charge in [0.2, 0.25) is 0 Å². The molecule has 25 heavy (non-hydrogen) atoms. The number of nitrogens with two attached hydrogens (primary N) is 1. The summed E-state index contributed by atoms with van der Waals surface area (Å²) in [5.41, 5.74) is 3.00. The third-order valence-electron chi connectivity index (χ3n) is 3.99. The molecule has 0 fully saturated rings. The fourth-order valence-corrected chi connectivity index (χ4v) is 2.51. The summed E-state index contributed by atoms with van der Waals surface area (Å²) in [5, 5.41) is 5.48. The molecule has 0 spiro atoms. The first kappa shape index (κ1) is 19.0. The predicted octanol–water partition coefficient (Wildman–Crippen LogP) is 2.70. The largest absolute Gasteiger partial charge is 0.465 e. The molecular formula is C19H22ClN2O3+. The lowest BCUT2D eigenvalue weighted by molar-refractivity contribution is -0.682. The summed E-state index contributed by atoms with van der Waals surface area (Å²) < 4.78 is 4.71. The first-order chi connectivity index (χ1) is 11.9. The minimum atomic E-state index is -0.432. The lowest BCUT2D eigenvalue weighted by Gasteiger charge is -2.13. The molecule has 5 nitrogen and oxygen atoms in total. The molecule has 2 aromatic rings. The van der Waals surface area contributed by atoms with Crippen molar-refractivity contribution in [3.05, 3.63) is 64.2 Å². The molecule has 0 bridgehead atoms. The standard InChI is InChI=1S/C19H21ClN2O3/c1-12-4-5-15(19(24)25-3)10-17(12)22-18(23)11-21-13(2)14-6-8-16(20)9-7-14/h4-10,13,21H,11H2,1-3H3,(H,22,23)/p+1/t13-/m1/s1. The van der Waals surface area contributed by atoms with Gasteiger partial charge in [-0.2, -0.15) is 0 Å². The fourth-order valence-electron chi connectivity index (χ4n) is 2.39. The van der Waals surface area contributed by atoms with Gasteiger partial charge >= 0.3 is 5.97 Å². The number of rotatable bonds is 6. The first-order valence-corrected chi connectivity index (χ1v) is 8.36. The molecule has 0 aliphatic rings. The SMILES string of the molecule is COC(=O)c1ccc(C)c(NC(=O)C[NH2+][C@H](C)c2ccc(Cl)cc2)c1. The molecule has 0 aromatic heterocycles. The van der Waals surface area contributed by atoms with Crippen LogP contribution < -0.4 is 10.6 Å². The normalized spacial score (nSPS) is 11.7. The molecule has 0 saturated carbocycles. The molecular weight excluding hydrogens is 340 g/mol. The van der Waals surface area contributed by atoms with Gasteiger partial charge < -0.3 is 15.4 Å². The number of esters is 1. The van der Waals surface area contributed by atoms with E-state index in [1.807, 2.05) is 43.4 Å². The van der Waals surface area contributed by atoms with Gasteiger partial charge in [0.1, 0.15) is 6.04 Å². The Labute approximate surface area is 152 Å². The van der Waals surface area contributed by atoms with Crippen LogP contribution in [0.1, 0.15) is 34.5 Å². The van der Waals surface area contributed by atoms with Crippen molar-refractivity contribution in [2.24, 2.45) is 0 Å². The molecule has 3 N–H and O–H groups in total. The van der Waals surface area contributed by atoms with Crippen LogP contribution >= 0.6 is 11.6 Å². The maximum Gasteiger partial charge on any atom is 0.337 e. The van der Waals surface area contributed by atoms with Crippen molar-refractivity contribution >= 4 is 29.2 Å². The number of amides is 1. The highest BCUT2D eigenvalue weighted by Crippen LogP contribution is 2.17. The number of carbonyl (C=O) groups is 2. The summed E-state index contributed by atoms with van der Waals surface area (Å²) in [6.07, 6.45) is 0. The van der Waals surface area contributed by atoms with Crippen LogP contribution in [-0.4, -0.2) is 25.5 Å². The molecule has 0 unspecified atom stereocenters. The Kier molecular flexibility index (Phi) is 6.56. The topological polar surface area (TPSA) is 72.0 Å². The summed E-state index contributed by atoms with van der Waals surface area (Å²) in [5.74, 6) is -0.565. The molecule has 0 saturated heterocycles. The molecule has 2 rings (SSSR count). The lowest BCUT2D eigenvalue weighted by atomic mass is 10.1. The average Bonchev–Trinajstić information content (AvgIpc) is 2.61. The fraction of sp³-hybridized carbons (Fsp3) is 0.263. The maximum absolute atomic E-state index is 12.2. The number of halogens is 1. The summed E-state index contributed by atoms with van der Waals surface area (Å²) >= 11 is 5.89. The molecule has 132 valence electrons. The van der Waals surface area contributed by atoms with Crippen molar-refractivity contribution < 1.29 is 19.6 Å². The number of hydrogen-bond acceptors (Lipinski definition) is 3. The smallest absolute Gasteiger partial charge is 0.337 e. The molecule has 6 heteroatoms. The molecule has 1 atom stereocenters. The van der Waals surface area contributed by atoms with Crippen molar-refractivity contribution in [2.45, 2.75) is 19.9 Å². The maximum atomic E-state index is 12.2. The summed E-state index contributed by atoms with van der Waals surface area (Å²) in [6, 6.07) is 12.8. The monoisotopic (exact) mass is 361 g/mol. The second kappa shape index (κ2) is 8.65. The highest BCUT2D eigenvalue weighted by molar-refractivity contribution is 6.30. The van der Waals surface area contributed by atoms with Crippen LogP contribution in [0, 0.1) is 6.92 Å². The Morgan fingerprint density at radius 3 is 2.52 bits per heavy atom. The van der Waals surface area contributed by atoms with Gasteiger partial charge in [0.05, 0.1) is 12.7 Å². The number of aryl methyl sites for hydroxylation is 1. The van der Waals surface area contributed by atoms with E-state index in [0.29, 0.717) is 16.3 Å².